The van der Waals surface area contributed by atoms with Gasteiger partial charge in [-0.15, -0.1) is 0 Å². The molecule has 0 fully saturated rings. The van der Waals surface area contributed by atoms with Gasteiger partial charge in [0.1, 0.15) is 25.2 Å². The van der Waals surface area contributed by atoms with E-state index in [1.165, 1.54) is 16.8 Å². The third-order valence-electron chi connectivity index (χ3n) is 3.45. The highest BCUT2D eigenvalue weighted by molar-refractivity contribution is 6.32. The highest BCUT2D eigenvalue weighted by Crippen LogP contribution is 2.24. The van der Waals surface area contributed by atoms with Gasteiger partial charge >= 0.3 is 0 Å². The molecule has 2 aromatic rings. The average Bonchev–Trinajstić information content (AvgIpc) is 2.73. The van der Waals surface area contributed by atoms with Crippen LogP contribution in [0, 0.1) is 12.7 Å². The number of aromatic nitrogens is 2. The number of hydrogen-bond donors (Lipinski definition) is 1. The fourth-order valence-corrected chi connectivity index (χ4v) is 2.31. The summed E-state index contributed by atoms with van der Waals surface area (Å²) in [6, 6.07) is 4.70. The van der Waals surface area contributed by atoms with Crippen molar-refractivity contribution in [3.05, 3.63) is 47.3 Å². The quantitative estimate of drug-likeness (QED) is 0.867. The molecule has 7 heteroatoms. The van der Waals surface area contributed by atoms with Crippen LogP contribution in [-0.4, -0.2) is 17.4 Å². The molecule has 1 heterocycles. The summed E-state index contributed by atoms with van der Waals surface area (Å²) in [4.78, 5) is 3.79. The van der Waals surface area contributed by atoms with Crippen LogP contribution in [-0.2, 0) is 12.1 Å². The molecule has 0 saturated heterocycles. The molecule has 0 spiro atoms. The Morgan fingerprint density at radius 3 is 2.67 bits per heavy atom. The highest BCUT2D eigenvalue weighted by Gasteiger charge is 2.27. The summed E-state index contributed by atoms with van der Waals surface area (Å²) in [5.41, 5.74) is 6.14. The number of alkyl halides is 2. The number of nitrogens with zero attached hydrogens (tertiary/aromatic N) is 2. The van der Waals surface area contributed by atoms with Gasteiger partial charge in [0.15, 0.2) is 0 Å². The lowest BCUT2D eigenvalue weighted by Gasteiger charge is -2.27. The van der Waals surface area contributed by atoms with E-state index in [4.69, 9.17) is 5.73 Å². The normalized spacial score (nSPS) is 14.4. The van der Waals surface area contributed by atoms with Gasteiger partial charge in [-0.25, -0.2) is 18.2 Å². The van der Waals surface area contributed by atoms with E-state index in [9.17, 15) is 13.2 Å². The van der Waals surface area contributed by atoms with Crippen LogP contribution in [0.15, 0.2) is 24.4 Å². The van der Waals surface area contributed by atoms with Gasteiger partial charge in [-0.05, 0) is 19.9 Å². The lowest BCUT2D eigenvalue weighted by atomic mass is 9.86. The highest BCUT2D eigenvalue weighted by atomic mass is 19.3. The average molecular weight is 295 g/mol. The summed E-state index contributed by atoms with van der Waals surface area (Å²) >= 11 is 0. The second-order valence-corrected chi connectivity index (χ2v) is 5.54. The first kappa shape index (κ1) is 15.6. The van der Waals surface area contributed by atoms with Crippen molar-refractivity contribution < 1.29 is 13.2 Å². The van der Waals surface area contributed by atoms with Crippen molar-refractivity contribution in [3.63, 3.8) is 0 Å². The zero-order valence-electron chi connectivity index (χ0n) is 12.2. The minimum atomic E-state index is -2.63. The second-order valence-electron chi connectivity index (χ2n) is 5.54. The van der Waals surface area contributed by atoms with Crippen LogP contribution in [0.1, 0.15) is 30.4 Å². The van der Waals surface area contributed by atoms with Gasteiger partial charge in [-0.3, -0.25) is 0 Å². The van der Waals surface area contributed by atoms with Crippen LogP contribution in [0.4, 0.5) is 13.2 Å². The first-order valence-corrected chi connectivity index (χ1v) is 6.58. The predicted octanol–water partition coefficient (Wildman–Crippen LogP) is 1.40. The zero-order chi connectivity index (χ0) is 15.8. The molecule has 0 aliphatic carbocycles. The minimum absolute atomic E-state index is 0.166. The molecular formula is C14H17BF3N3. The molecule has 0 saturated carbocycles. The van der Waals surface area contributed by atoms with E-state index in [2.05, 4.69) is 4.98 Å². The molecule has 2 rings (SSSR count). The van der Waals surface area contributed by atoms with Crippen LogP contribution < -0.4 is 11.2 Å². The Labute approximate surface area is 122 Å². The third-order valence-corrected chi connectivity index (χ3v) is 3.45. The Morgan fingerprint density at radius 1 is 1.43 bits per heavy atom. The van der Waals surface area contributed by atoms with Crippen molar-refractivity contribution in [2.24, 2.45) is 5.73 Å². The number of hydrogen-bond acceptors (Lipinski definition) is 2. The molecule has 0 aliphatic heterocycles. The molecule has 112 valence electrons. The van der Waals surface area contributed by atoms with Gasteiger partial charge < -0.3 is 10.3 Å². The number of rotatable bonds is 4. The Bertz CT molecular complexity index is 653. The largest absolute Gasteiger partial charge is 0.332 e. The van der Waals surface area contributed by atoms with Crippen LogP contribution in [0.5, 0.6) is 0 Å². The monoisotopic (exact) mass is 295 g/mol. The van der Waals surface area contributed by atoms with Gasteiger partial charge in [-0.2, -0.15) is 0 Å². The predicted molar refractivity (Wildman–Crippen MR) is 78.0 cm³/mol. The van der Waals surface area contributed by atoms with E-state index in [0.29, 0.717) is 11.4 Å². The summed E-state index contributed by atoms with van der Waals surface area (Å²) < 4.78 is 40.8. The molecule has 21 heavy (non-hydrogen) atoms. The van der Waals surface area contributed by atoms with Gasteiger partial charge in [0, 0.05) is 18.3 Å². The first-order valence-electron chi connectivity index (χ1n) is 6.58. The molecule has 1 aromatic carbocycles. The Kier molecular flexibility index (Phi) is 4.14. The van der Waals surface area contributed by atoms with Gasteiger partial charge in [0.2, 0.25) is 0 Å². The molecule has 2 N–H and O–H groups in total. The van der Waals surface area contributed by atoms with E-state index in [0.717, 1.165) is 5.46 Å². The first-order chi connectivity index (χ1) is 9.70. The molecule has 0 radical (unpaired) electrons. The summed E-state index contributed by atoms with van der Waals surface area (Å²) in [6.45, 7) is 3.46. The Morgan fingerprint density at radius 2 is 2.10 bits per heavy atom. The van der Waals surface area contributed by atoms with Gasteiger partial charge in [0.25, 0.3) is 6.43 Å². The third kappa shape index (κ3) is 3.29. The molecule has 1 aromatic heterocycles. The van der Waals surface area contributed by atoms with Crippen LogP contribution >= 0.6 is 0 Å². The van der Waals surface area contributed by atoms with Gasteiger partial charge in [-0.1, -0.05) is 17.6 Å². The van der Waals surface area contributed by atoms with Crippen molar-refractivity contribution in [3.8, 4) is 0 Å². The van der Waals surface area contributed by atoms with E-state index in [1.807, 2.05) is 7.85 Å². The number of aryl methyl sites for hydroxylation is 1. The maximum atomic E-state index is 14.0. The molecular weight excluding hydrogens is 278 g/mol. The molecule has 3 nitrogen and oxygen atoms in total. The van der Waals surface area contributed by atoms with Crippen molar-refractivity contribution >= 4 is 13.3 Å². The number of nitrogens with two attached hydrogens (primary N) is 1. The molecule has 0 amide bonds. The van der Waals surface area contributed by atoms with Crippen molar-refractivity contribution in [2.75, 3.05) is 0 Å². The van der Waals surface area contributed by atoms with E-state index in [1.54, 1.807) is 26.0 Å². The van der Waals surface area contributed by atoms with Gasteiger partial charge in [0.05, 0.1) is 5.54 Å². The second kappa shape index (κ2) is 5.56. The molecule has 0 bridgehead atoms. The van der Waals surface area contributed by atoms with E-state index >= 15 is 0 Å². The smallest absolute Gasteiger partial charge is 0.281 e. The Balaban J connectivity index is 2.34. The van der Waals surface area contributed by atoms with Crippen molar-refractivity contribution in [1.29, 1.82) is 0 Å². The lowest BCUT2D eigenvalue weighted by Crippen LogP contribution is -2.39. The summed E-state index contributed by atoms with van der Waals surface area (Å²) in [6.07, 6.45) is -1.37. The molecule has 1 unspecified atom stereocenters. The standard InChI is InChI=1S/C14H17BF3N3/c1-8-20-12(13(17)18)6-21(8)7-14(2,19)10-5-9(15)3-4-11(10)16/h3-6,13H,7,15,19H2,1-2H3. The fraction of sp³-hybridized carbons (Fsp3) is 0.357. The van der Waals surface area contributed by atoms with E-state index < -0.39 is 17.8 Å². The summed E-state index contributed by atoms with van der Waals surface area (Å²) in [5.74, 6) is 0.0208. The maximum Gasteiger partial charge on any atom is 0.281 e. The molecule has 1 atom stereocenters. The summed E-state index contributed by atoms with van der Waals surface area (Å²) in [7, 11) is 1.84. The Hall–Kier alpha value is -1.76. The number of imidazole rings is 1. The van der Waals surface area contributed by atoms with Crippen molar-refractivity contribution in [1.82, 2.24) is 9.55 Å². The topological polar surface area (TPSA) is 43.8 Å². The van der Waals surface area contributed by atoms with Crippen molar-refractivity contribution in [2.45, 2.75) is 32.4 Å². The molecule has 0 aliphatic rings. The maximum absolute atomic E-state index is 14.0. The van der Waals surface area contributed by atoms with Crippen LogP contribution in [0.25, 0.3) is 0 Å². The summed E-state index contributed by atoms with van der Waals surface area (Å²) in [5, 5.41) is 0. The van der Waals surface area contributed by atoms with Crippen LogP contribution in [0.2, 0.25) is 0 Å². The zero-order valence-corrected chi connectivity index (χ0v) is 12.2. The lowest BCUT2D eigenvalue weighted by molar-refractivity contribution is 0.146. The van der Waals surface area contributed by atoms with E-state index in [-0.39, 0.29) is 12.2 Å². The van der Waals surface area contributed by atoms with Crippen LogP contribution in [0.3, 0.4) is 0 Å². The number of halogens is 3. The minimum Gasteiger partial charge on any atom is -0.332 e. The number of benzene rings is 1. The fourth-order valence-electron chi connectivity index (χ4n) is 2.31. The SMILES string of the molecule is Bc1ccc(F)c(C(C)(N)Cn2cc(C(F)F)nc2C)c1.